The van der Waals surface area contributed by atoms with E-state index in [9.17, 15) is 0 Å². The molecule has 0 radical (unpaired) electrons. The van der Waals surface area contributed by atoms with E-state index < -0.39 is 0 Å². The SMILES string of the molecule is c1ccc(C2NNC(c3ccccc3)N2c2ccc(-n3c4ccccc4c4cc5occc5cc43)cc2)cc1. The van der Waals surface area contributed by atoms with Crippen molar-refractivity contribution in [2.45, 2.75) is 12.3 Å². The number of fused-ring (bicyclic) bond motifs is 4. The highest BCUT2D eigenvalue weighted by atomic mass is 16.3. The molecule has 2 unspecified atom stereocenters. The van der Waals surface area contributed by atoms with Gasteiger partial charge in [0.05, 0.1) is 17.3 Å². The van der Waals surface area contributed by atoms with Gasteiger partial charge in [-0.2, -0.15) is 0 Å². The second-order valence-corrected chi connectivity index (χ2v) is 10.0. The van der Waals surface area contributed by atoms with Crippen LogP contribution in [0.2, 0.25) is 0 Å². The van der Waals surface area contributed by atoms with Crippen LogP contribution < -0.4 is 15.8 Å². The molecule has 0 saturated carbocycles. The highest BCUT2D eigenvalue weighted by molar-refractivity contribution is 6.12. The van der Waals surface area contributed by atoms with Gasteiger partial charge in [0.2, 0.25) is 0 Å². The maximum Gasteiger partial charge on any atom is 0.134 e. The number of hydrazine groups is 1. The van der Waals surface area contributed by atoms with E-state index in [1.165, 1.54) is 32.9 Å². The van der Waals surface area contributed by atoms with Crippen molar-refractivity contribution in [2.75, 3.05) is 4.90 Å². The van der Waals surface area contributed by atoms with Gasteiger partial charge >= 0.3 is 0 Å². The maximum atomic E-state index is 5.73. The smallest absolute Gasteiger partial charge is 0.134 e. The van der Waals surface area contributed by atoms with E-state index in [-0.39, 0.29) is 12.3 Å². The van der Waals surface area contributed by atoms with Gasteiger partial charge in [-0.3, -0.25) is 0 Å². The van der Waals surface area contributed by atoms with E-state index in [0.717, 1.165) is 22.3 Å². The molecule has 0 spiro atoms. The van der Waals surface area contributed by atoms with Crippen molar-refractivity contribution in [1.29, 1.82) is 0 Å². The van der Waals surface area contributed by atoms with Gasteiger partial charge in [0.25, 0.3) is 0 Å². The second-order valence-electron chi connectivity index (χ2n) is 10.0. The molecule has 2 N–H and O–H groups in total. The summed E-state index contributed by atoms with van der Waals surface area (Å²) in [5.74, 6) is 0. The van der Waals surface area contributed by atoms with E-state index in [0.29, 0.717) is 0 Å². The molecule has 5 nitrogen and oxygen atoms in total. The summed E-state index contributed by atoms with van der Waals surface area (Å²) in [6, 6.07) is 45.1. The molecule has 0 bridgehead atoms. The fourth-order valence-corrected chi connectivity index (χ4v) is 5.98. The summed E-state index contributed by atoms with van der Waals surface area (Å²) in [5, 5.41) is 3.52. The molecule has 1 aliphatic rings. The van der Waals surface area contributed by atoms with Gasteiger partial charge < -0.3 is 13.9 Å². The van der Waals surface area contributed by atoms with Gasteiger partial charge in [-0.1, -0.05) is 78.9 Å². The van der Waals surface area contributed by atoms with Gasteiger partial charge in [0, 0.05) is 27.5 Å². The third-order valence-corrected chi connectivity index (χ3v) is 7.80. The van der Waals surface area contributed by atoms with Crippen molar-refractivity contribution in [2.24, 2.45) is 0 Å². The Kier molecular flexibility index (Phi) is 5.05. The lowest BCUT2D eigenvalue weighted by Crippen LogP contribution is -2.29. The monoisotopic (exact) mass is 506 g/mol. The van der Waals surface area contributed by atoms with Crippen LogP contribution in [0.3, 0.4) is 0 Å². The average molecular weight is 507 g/mol. The average Bonchev–Trinajstić information content (AvgIpc) is 3.73. The number of rotatable bonds is 4. The number of benzene rings is 5. The maximum absolute atomic E-state index is 5.73. The van der Waals surface area contributed by atoms with Crippen LogP contribution in [0.4, 0.5) is 5.69 Å². The summed E-state index contributed by atoms with van der Waals surface area (Å²) < 4.78 is 8.08. The number of nitrogens with one attached hydrogen (secondary N) is 2. The fraction of sp³-hybridized carbons (Fsp3) is 0.0588. The van der Waals surface area contributed by atoms with E-state index in [1.54, 1.807) is 6.26 Å². The van der Waals surface area contributed by atoms with E-state index in [2.05, 4.69) is 142 Å². The first kappa shape index (κ1) is 22.2. The molecule has 5 aromatic carbocycles. The van der Waals surface area contributed by atoms with Gasteiger partial charge in [-0.05, 0) is 59.7 Å². The van der Waals surface area contributed by atoms with E-state index in [4.69, 9.17) is 4.42 Å². The summed E-state index contributed by atoms with van der Waals surface area (Å²) in [4.78, 5) is 2.41. The Balaban J connectivity index is 1.26. The van der Waals surface area contributed by atoms with Gasteiger partial charge in [-0.15, -0.1) is 0 Å². The van der Waals surface area contributed by atoms with Crippen molar-refractivity contribution in [3.05, 3.63) is 145 Å². The predicted molar refractivity (Wildman–Crippen MR) is 158 cm³/mol. The Labute approximate surface area is 225 Å². The molecule has 3 heterocycles. The van der Waals surface area contributed by atoms with Gasteiger partial charge in [-0.25, -0.2) is 10.9 Å². The normalized spacial score (nSPS) is 17.5. The first-order chi connectivity index (χ1) is 19.3. The van der Waals surface area contributed by atoms with E-state index >= 15 is 0 Å². The molecule has 39 heavy (non-hydrogen) atoms. The van der Waals surface area contributed by atoms with Crippen LogP contribution in [0.5, 0.6) is 0 Å². The minimum Gasteiger partial charge on any atom is -0.464 e. The van der Waals surface area contributed by atoms with Crippen molar-refractivity contribution < 1.29 is 4.42 Å². The topological polar surface area (TPSA) is 45.4 Å². The third-order valence-electron chi connectivity index (χ3n) is 7.80. The zero-order chi connectivity index (χ0) is 25.8. The summed E-state index contributed by atoms with van der Waals surface area (Å²) in [7, 11) is 0. The Morgan fingerprint density at radius 1 is 0.538 bits per heavy atom. The highest BCUT2D eigenvalue weighted by Crippen LogP contribution is 2.39. The van der Waals surface area contributed by atoms with Crippen LogP contribution in [0, 0.1) is 0 Å². The number of para-hydroxylation sites is 1. The minimum absolute atomic E-state index is 0.00938. The molecule has 2 aromatic heterocycles. The number of anilines is 1. The largest absolute Gasteiger partial charge is 0.464 e. The highest BCUT2D eigenvalue weighted by Gasteiger charge is 2.35. The Hall–Kier alpha value is -4.84. The molecule has 8 rings (SSSR count). The standard InChI is InChI=1S/C34H26N4O/c1-3-9-23(10-4-1)33-35-36-34(24-11-5-2-6-12-24)38(33)27-17-15-26(16-18-27)37-30-14-8-7-13-28(30)29-22-32-25(19-20-39-32)21-31(29)37/h1-22,33-36H. The van der Waals surface area contributed by atoms with Crippen LogP contribution >= 0.6 is 0 Å². The molecular formula is C34H26N4O. The van der Waals surface area contributed by atoms with Crippen LogP contribution in [-0.4, -0.2) is 4.57 Å². The molecule has 188 valence electrons. The van der Waals surface area contributed by atoms with Crippen LogP contribution in [0.15, 0.2) is 138 Å². The lowest BCUT2D eigenvalue weighted by molar-refractivity contribution is 0.555. The number of hydrogen-bond acceptors (Lipinski definition) is 4. The van der Waals surface area contributed by atoms with Crippen molar-refractivity contribution in [3.63, 3.8) is 0 Å². The van der Waals surface area contributed by atoms with Gasteiger partial charge in [0.15, 0.2) is 0 Å². The van der Waals surface area contributed by atoms with Crippen molar-refractivity contribution in [3.8, 4) is 5.69 Å². The molecule has 0 aliphatic carbocycles. The Morgan fingerprint density at radius 3 is 1.85 bits per heavy atom. The predicted octanol–water partition coefficient (Wildman–Crippen LogP) is 7.84. The number of hydrogen-bond donors (Lipinski definition) is 2. The fourth-order valence-electron chi connectivity index (χ4n) is 5.98. The number of nitrogens with zero attached hydrogens (tertiary/aromatic N) is 2. The van der Waals surface area contributed by atoms with Crippen LogP contribution in [0.25, 0.3) is 38.5 Å². The molecule has 1 aliphatic heterocycles. The molecule has 0 amide bonds. The molecular weight excluding hydrogens is 480 g/mol. The summed E-state index contributed by atoms with van der Waals surface area (Å²) in [5.41, 5.74) is 15.0. The molecule has 5 heteroatoms. The number of furan rings is 1. The Morgan fingerprint density at radius 2 is 1.15 bits per heavy atom. The second kappa shape index (κ2) is 8.88. The number of aromatic nitrogens is 1. The molecule has 7 aromatic rings. The zero-order valence-electron chi connectivity index (χ0n) is 21.2. The first-order valence-corrected chi connectivity index (χ1v) is 13.3. The zero-order valence-corrected chi connectivity index (χ0v) is 21.2. The van der Waals surface area contributed by atoms with Crippen LogP contribution in [0.1, 0.15) is 23.5 Å². The molecule has 1 fully saturated rings. The first-order valence-electron chi connectivity index (χ1n) is 13.3. The van der Waals surface area contributed by atoms with E-state index in [1.807, 2.05) is 6.07 Å². The third kappa shape index (κ3) is 3.56. The summed E-state index contributed by atoms with van der Waals surface area (Å²) >= 11 is 0. The van der Waals surface area contributed by atoms with Crippen LogP contribution in [-0.2, 0) is 0 Å². The lowest BCUT2D eigenvalue weighted by Gasteiger charge is -2.31. The Bertz CT molecular complexity index is 1880. The van der Waals surface area contributed by atoms with Gasteiger partial charge in [0.1, 0.15) is 17.9 Å². The lowest BCUT2D eigenvalue weighted by atomic mass is 10.1. The quantitative estimate of drug-likeness (QED) is 0.255. The van der Waals surface area contributed by atoms with Crippen molar-refractivity contribution in [1.82, 2.24) is 15.4 Å². The summed E-state index contributed by atoms with van der Waals surface area (Å²) in [6.07, 6.45) is 1.74. The van der Waals surface area contributed by atoms with Crippen molar-refractivity contribution >= 4 is 38.5 Å². The molecule has 1 saturated heterocycles. The molecule has 2 atom stereocenters. The summed E-state index contributed by atoms with van der Waals surface area (Å²) in [6.45, 7) is 0. The minimum atomic E-state index is -0.00938.